The molecule has 1 aliphatic rings. The Balaban J connectivity index is 1.11. The van der Waals surface area contributed by atoms with Crippen LogP contribution in [-0.4, -0.2) is 27.8 Å². The Bertz CT molecular complexity index is 3300. The minimum absolute atomic E-state index is 0.738. The summed E-state index contributed by atoms with van der Waals surface area (Å²) in [6.45, 7) is 0. The molecule has 0 saturated carbocycles. The normalized spacial score (nSPS) is 13.1. The second-order valence-electron chi connectivity index (χ2n) is 14.8. The fourth-order valence-electron chi connectivity index (χ4n) is 9.53. The summed E-state index contributed by atoms with van der Waals surface area (Å²) >= 11 is -1.75. The molecule has 12 rings (SSSR count). The number of aromatic nitrogens is 3. The molecule has 0 N–H and O–H groups in total. The first-order chi connectivity index (χ1) is 28.3. The molecule has 0 fully saturated rings. The number of para-hydroxylation sites is 1. The van der Waals surface area contributed by atoms with E-state index < -0.39 is 13.3 Å². The number of hydrogen-bond acceptors (Lipinski definition) is 3. The van der Waals surface area contributed by atoms with E-state index in [0.29, 0.717) is 0 Å². The molecule has 57 heavy (non-hydrogen) atoms. The Hall–Kier alpha value is -6.60. The predicted molar refractivity (Wildman–Crippen MR) is 243 cm³/mol. The van der Waals surface area contributed by atoms with Crippen molar-refractivity contribution in [3.8, 4) is 39.6 Å². The first kappa shape index (κ1) is 32.6. The van der Waals surface area contributed by atoms with Gasteiger partial charge >= 0.3 is 286 Å². The van der Waals surface area contributed by atoms with Crippen LogP contribution < -0.4 is 17.6 Å². The number of benzene rings is 8. The van der Waals surface area contributed by atoms with E-state index in [0.717, 1.165) is 34.0 Å². The van der Waals surface area contributed by atoms with E-state index in [4.69, 9.17) is 9.97 Å². The molecule has 0 amide bonds. The number of hydrogen-bond donors (Lipinski definition) is 0. The molecule has 266 valence electrons. The van der Waals surface area contributed by atoms with Gasteiger partial charge in [0, 0.05) is 4.70 Å². The SMILES string of the molecule is c1ccc(-c2nc(-c3ccc(-n4c5ccccc5c5ccc6sc7ccccc7c6c54)cc3)nc3[c]2[Ge]([c]2ccccc2)([c]2ccccc2)[c]2ccccc2-3)cc1. The topological polar surface area (TPSA) is 30.7 Å². The molecule has 11 aromatic rings. The Morgan fingerprint density at radius 1 is 0.439 bits per heavy atom. The minimum atomic E-state index is -3.62. The van der Waals surface area contributed by atoms with Gasteiger partial charge in [-0.3, -0.25) is 0 Å². The maximum atomic E-state index is 5.60. The van der Waals surface area contributed by atoms with Crippen LogP contribution >= 0.6 is 11.3 Å². The molecular formula is C52H33GeN3S. The second-order valence-corrected chi connectivity index (χ2v) is 23.7. The molecule has 3 nitrogen and oxygen atoms in total. The van der Waals surface area contributed by atoms with E-state index in [1.54, 1.807) is 0 Å². The van der Waals surface area contributed by atoms with Crippen LogP contribution in [0.3, 0.4) is 0 Å². The van der Waals surface area contributed by atoms with Gasteiger partial charge in [-0.25, -0.2) is 0 Å². The van der Waals surface area contributed by atoms with Crippen LogP contribution in [0.4, 0.5) is 0 Å². The molecule has 4 heterocycles. The Morgan fingerprint density at radius 3 is 1.81 bits per heavy atom. The Labute approximate surface area is 336 Å². The van der Waals surface area contributed by atoms with Crippen molar-refractivity contribution in [1.82, 2.24) is 14.5 Å². The van der Waals surface area contributed by atoms with E-state index >= 15 is 0 Å². The fourth-order valence-corrected chi connectivity index (χ4v) is 21.6. The van der Waals surface area contributed by atoms with Crippen LogP contribution in [0.1, 0.15) is 0 Å². The average molecular weight is 805 g/mol. The molecule has 0 spiro atoms. The summed E-state index contributed by atoms with van der Waals surface area (Å²) < 4.78 is 10.5. The van der Waals surface area contributed by atoms with Gasteiger partial charge in [0.1, 0.15) is 0 Å². The zero-order valence-corrected chi connectivity index (χ0v) is 33.7. The number of fused-ring (bicyclic) bond motifs is 10. The van der Waals surface area contributed by atoms with Gasteiger partial charge in [0.05, 0.1) is 0 Å². The van der Waals surface area contributed by atoms with E-state index in [1.807, 2.05) is 11.3 Å². The quantitative estimate of drug-likeness (QED) is 0.162. The molecule has 8 aromatic carbocycles. The number of rotatable bonds is 5. The van der Waals surface area contributed by atoms with Gasteiger partial charge in [-0.05, 0) is 12.1 Å². The first-order valence-electron chi connectivity index (χ1n) is 19.4. The van der Waals surface area contributed by atoms with Crippen molar-refractivity contribution in [1.29, 1.82) is 0 Å². The van der Waals surface area contributed by atoms with Crippen LogP contribution in [0.15, 0.2) is 200 Å². The number of nitrogens with zero attached hydrogens (tertiary/aromatic N) is 3. The molecular weight excluding hydrogens is 771 g/mol. The van der Waals surface area contributed by atoms with Crippen LogP contribution in [0, 0.1) is 0 Å². The van der Waals surface area contributed by atoms with Crippen molar-refractivity contribution in [2.75, 3.05) is 0 Å². The van der Waals surface area contributed by atoms with Crippen molar-refractivity contribution in [2.45, 2.75) is 0 Å². The van der Waals surface area contributed by atoms with Crippen molar-refractivity contribution < 1.29 is 0 Å². The average Bonchev–Trinajstić information content (AvgIpc) is 3.94. The summed E-state index contributed by atoms with van der Waals surface area (Å²) in [6.07, 6.45) is 0. The van der Waals surface area contributed by atoms with E-state index in [1.165, 1.54) is 65.1 Å². The third-order valence-electron chi connectivity index (χ3n) is 11.9. The monoisotopic (exact) mass is 805 g/mol. The predicted octanol–water partition coefficient (Wildman–Crippen LogP) is 10.6. The van der Waals surface area contributed by atoms with Crippen molar-refractivity contribution in [2.24, 2.45) is 0 Å². The summed E-state index contributed by atoms with van der Waals surface area (Å²) in [5, 5.41) is 5.14. The van der Waals surface area contributed by atoms with Crippen LogP contribution in [-0.2, 0) is 0 Å². The van der Waals surface area contributed by atoms with Crippen LogP contribution in [0.2, 0.25) is 0 Å². The summed E-state index contributed by atoms with van der Waals surface area (Å²) in [7, 11) is 0. The van der Waals surface area contributed by atoms with E-state index in [2.05, 4.69) is 205 Å². The maximum absolute atomic E-state index is 5.60. The van der Waals surface area contributed by atoms with Gasteiger partial charge in [0.15, 0.2) is 0 Å². The molecule has 5 heteroatoms. The van der Waals surface area contributed by atoms with Crippen molar-refractivity contribution in [3.63, 3.8) is 0 Å². The molecule has 1 aliphatic heterocycles. The third kappa shape index (κ3) is 4.72. The molecule has 0 radical (unpaired) electrons. The molecule has 0 bridgehead atoms. The van der Waals surface area contributed by atoms with Gasteiger partial charge in [-0.15, -0.1) is 11.3 Å². The van der Waals surface area contributed by atoms with Crippen LogP contribution in [0.5, 0.6) is 0 Å². The van der Waals surface area contributed by atoms with Gasteiger partial charge in [-0.2, -0.15) is 0 Å². The standard InChI is InChI=1S/C52H33GeN3S/c1-4-16-34(17-5-1)49-48-50(41-23-10-13-25-43(41)53(48,36-18-6-2-7-19-36)37-20-8-3-9-21-37)55-52(54-49)35-28-30-38(31-29-35)56-44-26-14-11-22-39(44)40-32-33-46-47(51(40)56)42-24-12-15-27-45(42)57-46/h1-33H. The van der Waals surface area contributed by atoms with Crippen molar-refractivity contribution >= 4 is 84.2 Å². The molecule has 0 atom stereocenters. The zero-order valence-electron chi connectivity index (χ0n) is 30.8. The first-order valence-corrected chi connectivity index (χ1v) is 24.4. The fraction of sp³-hybridized carbons (Fsp3) is 0. The molecule has 0 unspecified atom stereocenters. The summed E-state index contributed by atoms with van der Waals surface area (Å²) in [4.78, 5) is 11.2. The number of thiophene rings is 1. The summed E-state index contributed by atoms with van der Waals surface area (Å²) in [6, 6.07) is 73.2. The van der Waals surface area contributed by atoms with Crippen LogP contribution in [0.25, 0.3) is 81.6 Å². The van der Waals surface area contributed by atoms with Gasteiger partial charge in [0.2, 0.25) is 0 Å². The van der Waals surface area contributed by atoms with Crippen molar-refractivity contribution in [3.05, 3.63) is 200 Å². The zero-order chi connectivity index (χ0) is 37.5. The summed E-state index contributed by atoms with van der Waals surface area (Å²) in [5.74, 6) is 0.738. The molecule has 0 saturated heterocycles. The molecule has 0 aliphatic carbocycles. The summed E-state index contributed by atoms with van der Waals surface area (Å²) in [5.41, 5.74) is 8.97. The van der Waals surface area contributed by atoms with E-state index in [-0.39, 0.29) is 0 Å². The van der Waals surface area contributed by atoms with Gasteiger partial charge in [-0.1, -0.05) is 24.3 Å². The third-order valence-corrected chi connectivity index (χ3v) is 23.2. The van der Waals surface area contributed by atoms with E-state index in [9.17, 15) is 0 Å². The second kappa shape index (κ2) is 12.7. The van der Waals surface area contributed by atoms with Gasteiger partial charge in [0.25, 0.3) is 0 Å². The van der Waals surface area contributed by atoms with Gasteiger partial charge < -0.3 is 0 Å². The Kier molecular flexibility index (Phi) is 7.28. The Morgan fingerprint density at radius 2 is 1.05 bits per heavy atom. The molecule has 3 aromatic heterocycles.